The largest absolute Gasteiger partial charge is 0.481 e. The highest BCUT2D eigenvalue weighted by Crippen LogP contribution is 2.13. The molecule has 1 saturated heterocycles. The van der Waals surface area contributed by atoms with Crippen LogP contribution in [-0.4, -0.2) is 62.7 Å². The molecule has 1 unspecified atom stereocenters. The zero-order chi connectivity index (χ0) is 16.2. The van der Waals surface area contributed by atoms with E-state index in [2.05, 4.69) is 10.3 Å². The number of carboxylic acid groups (broad SMARTS) is 1. The second-order valence-electron chi connectivity index (χ2n) is 5.23. The number of aliphatic carboxylic acids is 1. The van der Waals surface area contributed by atoms with Crippen molar-refractivity contribution in [2.24, 2.45) is 0 Å². The number of morpholine rings is 1. The fraction of sp³-hybridized carbons (Fsp3) is 0.333. The van der Waals surface area contributed by atoms with Gasteiger partial charge in [-0.05, 0) is 12.1 Å². The van der Waals surface area contributed by atoms with E-state index in [1.807, 2.05) is 30.3 Å². The van der Waals surface area contributed by atoms with Crippen molar-refractivity contribution in [3.8, 4) is 5.69 Å². The number of ether oxygens (including phenoxy) is 1. The number of amides is 1. The van der Waals surface area contributed by atoms with Crippen molar-refractivity contribution < 1.29 is 19.4 Å². The summed E-state index contributed by atoms with van der Waals surface area (Å²) in [6.45, 7) is 0.965. The molecule has 0 radical (unpaired) electrons. The average molecular weight is 316 g/mol. The lowest BCUT2D eigenvalue weighted by molar-refractivity contribution is -0.141. The summed E-state index contributed by atoms with van der Waals surface area (Å²) in [5.41, 5.74) is 1.04. The van der Waals surface area contributed by atoms with Crippen LogP contribution in [-0.2, 0) is 9.53 Å². The van der Waals surface area contributed by atoms with Gasteiger partial charge in [0.1, 0.15) is 0 Å². The van der Waals surface area contributed by atoms with Gasteiger partial charge in [-0.1, -0.05) is 23.4 Å². The molecular weight excluding hydrogens is 300 g/mol. The van der Waals surface area contributed by atoms with Crippen molar-refractivity contribution >= 4 is 11.9 Å². The fourth-order valence-corrected chi connectivity index (χ4v) is 2.45. The molecule has 8 heteroatoms. The number of nitrogens with zero attached hydrogens (tertiary/aromatic N) is 4. The number of carboxylic acids is 1. The molecule has 0 spiro atoms. The molecular formula is C15H16N4O4. The Hall–Kier alpha value is -2.74. The second-order valence-corrected chi connectivity index (χ2v) is 5.23. The van der Waals surface area contributed by atoms with Crippen LogP contribution in [0.4, 0.5) is 0 Å². The van der Waals surface area contributed by atoms with Gasteiger partial charge in [0, 0.05) is 13.1 Å². The van der Waals surface area contributed by atoms with E-state index in [0.717, 1.165) is 5.69 Å². The van der Waals surface area contributed by atoms with Crippen molar-refractivity contribution in [2.45, 2.75) is 12.5 Å². The summed E-state index contributed by atoms with van der Waals surface area (Å²) in [6.07, 6.45) is 0.953. The van der Waals surface area contributed by atoms with Gasteiger partial charge >= 0.3 is 5.97 Å². The highest BCUT2D eigenvalue weighted by molar-refractivity contribution is 5.92. The van der Waals surface area contributed by atoms with E-state index in [1.165, 1.54) is 4.68 Å². The minimum atomic E-state index is -0.945. The van der Waals surface area contributed by atoms with E-state index in [0.29, 0.717) is 13.2 Å². The van der Waals surface area contributed by atoms with Crippen LogP contribution in [0.1, 0.15) is 16.9 Å². The lowest BCUT2D eigenvalue weighted by Crippen LogP contribution is -2.46. The van der Waals surface area contributed by atoms with Gasteiger partial charge in [-0.3, -0.25) is 9.59 Å². The van der Waals surface area contributed by atoms with Crippen molar-refractivity contribution in [1.82, 2.24) is 19.9 Å². The molecule has 1 aromatic heterocycles. The quantitative estimate of drug-likeness (QED) is 0.886. The summed E-state index contributed by atoms with van der Waals surface area (Å²) in [7, 11) is 0. The van der Waals surface area contributed by atoms with E-state index >= 15 is 0 Å². The topological polar surface area (TPSA) is 97.6 Å². The SMILES string of the molecule is O=C(O)CC1CN(C(=O)c2cn(-c3ccccc3)nn2)CCO1. The molecule has 3 rings (SSSR count). The van der Waals surface area contributed by atoms with Crippen LogP contribution < -0.4 is 0 Å². The van der Waals surface area contributed by atoms with E-state index in [4.69, 9.17) is 9.84 Å². The van der Waals surface area contributed by atoms with Crippen LogP contribution in [0.5, 0.6) is 0 Å². The second kappa shape index (κ2) is 6.57. The minimum absolute atomic E-state index is 0.125. The van der Waals surface area contributed by atoms with Crippen LogP contribution >= 0.6 is 0 Å². The average Bonchev–Trinajstić information content (AvgIpc) is 3.04. The molecule has 120 valence electrons. The lowest BCUT2D eigenvalue weighted by atomic mass is 10.2. The number of para-hydroxylation sites is 1. The van der Waals surface area contributed by atoms with Gasteiger partial charge in [-0.25, -0.2) is 4.68 Å². The van der Waals surface area contributed by atoms with Crippen LogP contribution in [0, 0.1) is 0 Å². The number of benzene rings is 1. The summed E-state index contributed by atoms with van der Waals surface area (Å²) >= 11 is 0. The van der Waals surface area contributed by atoms with Gasteiger partial charge in [0.2, 0.25) is 0 Å². The van der Waals surface area contributed by atoms with Crippen molar-refractivity contribution in [1.29, 1.82) is 0 Å². The molecule has 0 saturated carbocycles. The molecule has 1 N–H and O–H groups in total. The summed E-state index contributed by atoms with van der Waals surface area (Å²) in [6, 6.07) is 9.36. The third-order valence-corrected chi connectivity index (χ3v) is 3.56. The van der Waals surface area contributed by atoms with E-state index < -0.39 is 12.1 Å². The molecule has 1 fully saturated rings. The monoisotopic (exact) mass is 316 g/mol. The molecule has 0 bridgehead atoms. The number of rotatable bonds is 4. The summed E-state index contributed by atoms with van der Waals surface area (Å²) < 4.78 is 6.89. The van der Waals surface area contributed by atoms with Gasteiger partial charge in [-0.15, -0.1) is 5.10 Å². The summed E-state index contributed by atoms with van der Waals surface area (Å²) in [5.74, 6) is -1.22. The number of aromatic nitrogens is 3. The van der Waals surface area contributed by atoms with Crippen molar-refractivity contribution in [3.05, 3.63) is 42.2 Å². The fourth-order valence-electron chi connectivity index (χ4n) is 2.45. The van der Waals surface area contributed by atoms with E-state index in [1.54, 1.807) is 11.1 Å². The Balaban J connectivity index is 1.71. The van der Waals surface area contributed by atoms with Crippen LogP contribution in [0.15, 0.2) is 36.5 Å². The van der Waals surface area contributed by atoms with Crippen LogP contribution in [0.3, 0.4) is 0 Å². The van der Waals surface area contributed by atoms with Gasteiger partial charge in [0.15, 0.2) is 5.69 Å². The maximum atomic E-state index is 12.5. The van der Waals surface area contributed by atoms with Crippen LogP contribution in [0.25, 0.3) is 5.69 Å². The molecule has 8 nitrogen and oxygen atoms in total. The predicted molar refractivity (Wildman–Crippen MR) is 79.3 cm³/mol. The predicted octanol–water partition coefficient (Wildman–Crippen LogP) is 0.583. The molecule has 23 heavy (non-hydrogen) atoms. The summed E-state index contributed by atoms with van der Waals surface area (Å²) in [4.78, 5) is 24.8. The molecule has 0 aliphatic carbocycles. The Kier molecular flexibility index (Phi) is 4.33. The van der Waals surface area contributed by atoms with Gasteiger partial charge in [0.05, 0.1) is 31.0 Å². The minimum Gasteiger partial charge on any atom is -0.481 e. The van der Waals surface area contributed by atoms with E-state index in [-0.39, 0.29) is 24.6 Å². The van der Waals surface area contributed by atoms with Crippen LogP contribution in [0.2, 0.25) is 0 Å². The Labute approximate surface area is 132 Å². The Morgan fingerprint density at radius 3 is 2.83 bits per heavy atom. The molecule has 2 aromatic rings. The molecule has 1 aromatic carbocycles. The highest BCUT2D eigenvalue weighted by atomic mass is 16.5. The standard InChI is InChI=1S/C15H16N4O4/c20-14(21)8-12-9-18(6-7-23-12)15(22)13-10-19(17-16-13)11-4-2-1-3-5-11/h1-5,10,12H,6-9H2,(H,20,21). The first kappa shape index (κ1) is 15.2. The molecule has 1 aliphatic rings. The molecule has 1 atom stereocenters. The molecule has 1 amide bonds. The lowest BCUT2D eigenvalue weighted by Gasteiger charge is -2.31. The van der Waals surface area contributed by atoms with Crippen molar-refractivity contribution in [3.63, 3.8) is 0 Å². The highest BCUT2D eigenvalue weighted by Gasteiger charge is 2.28. The zero-order valence-electron chi connectivity index (χ0n) is 12.3. The molecule has 2 heterocycles. The van der Waals surface area contributed by atoms with Gasteiger partial charge in [0.25, 0.3) is 5.91 Å². The summed E-state index contributed by atoms with van der Waals surface area (Å²) in [5, 5.41) is 16.7. The first-order valence-electron chi connectivity index (χ1n) is 7.24. The van der Waals surface area contributed by atoms with Gasteiger partial charge in [-0.2, -0.15) is 0 Å². The van der Waals surface area contributed by atoms with Crippen molar-refractivity contribution in [2.75, 3.05) is 19.7 Å². The number of hydrogen-bond donors (Lipinski definition) is 1. The third kappa shape index (κ3) is 3.54. The van der Waals surface area contributed by atoms with Gasteiger partial charge < -0.3 is 14.7 Å². The first-order valence-corrected chi connectivity index (χ1v) is 7.24. The first-order chi connectivity index (χ1) is 11.1. The number of carbonyl (C=O) groups excluding carboxylic acids is 1. The Bertz CT molecular complexity index is 701. The normalized spacial score (nSPS) is 17.9. The molecule has 1 aliphatic heterocycles. The number of hydrogen-bond acceptors (Lipinski definition) is 5. The Morgan fingerprint density at radius 2 is 2.09 bits per heavy atom. The Morgan fingerprint density at radius 1 is 1.30 bits per heavy atom. The maximum Gasteiger partial charge on any atom is 0.306 e. The van der Waals surface area contributed by atoms with E-state index in [9.17, 15) is 9.59 Å². The smallest absolute Gasteiger partial charge is 0.306 e. The third-order valence-electron chi connectivity index (χ3n) is 3.56. The zero-order valence-corrected chi connectivity index (χ0v) is 12.3. The maximum absolute atomic E-state index is 12.5. The number of carbonyl (C=O) groups is 2.